The third-order valence-corrected chi connectivity index (χ3v) is 3.06. The third kappa shape index (κ3) is 3.33. The van der Waals surface area contributed by atoms with E-state index in [4.69, 9.17) is 10.5 Å². The van der Waals surface area contributed by atoms with Gasteiger partial charge in [0.1, 0.15) is 5.75 Å². The van der Waals surface area contributed by atoms with Crippen molar-refractivity contribution in [3.05, 3.63) is 65.2 Å². The van der Waals surface area contributed by atoms with Crippen molar-refractivity contribution >= 4 is 0 Å². The second kappa shape index (κ2) is 6.48. The van der Waals surface area contributed by atoms with E-state index in [0.29, 0.717) is 18.6 Å². The Morgan fingerprint density at radius 1 is 1.10 bits per heavy atom. The Balaban J connectivity index is 2.19. The molecule has 0 aliphatic rings. The molecule has 1 unspecified atom stereocenters. The predicted octanol–water partition coefficient (Wildman–Crippen LogP) is 3.61. The van der Waals surface area contributed by atoms with E-state index >= 15 is 0 Å². The van der Waals surface area contributed by atoms with E-state index in [1.807, 2.05) is 31.2 Å². The van der Waals surface area contributed by atoms with E-state index in [9.17, 15) is 8.78 Å². The first kappa shape index (κ1) is 14.5. The zero-order valence-electron chi connectivity index (χ0n) is 11.3. The normalized spacial score (nSPS) is 12.2. The Hall–Kier alpha value is -1.94. The molecule has 4 heteroatoms. The fourth-order valence-corrected chi connectivity index (χ4v) is 2.10. The number of hydrogen-bond donors (Lipinski definition) is 1. The fourth-order valence-electron chi connectivity index (χ4n) is 2.10. The molecule has 2 nitrogen and oxygen atoms in total. The van der Waals surface area contributed by atoms with Gasteiger partial charge in [-0.05, 0) is 37.1 Å². The first-order valence-electron chi connectivity index (χ1n) is 6.53. The summed E-state index contributed by atoms with van der Waals surface area (Å²) >= 11 is 0. The Morgan fingerprint density at radius 2 is 1.85 bits per heavy atom. The van der Waals surface area contributed by atoms with Crippen LogP contribution in [0.25, 0.3) is 0 Å². The van der Waals surface area contributed by atoms with Gasteiger partial charge >= 0.3 is 0 Å². The summed E-state index contributed by atoms with van der Waals surface area (Å²) in [6.45, 7) is 2.45. The number of benzene rings is 2. The Morgan fingerprint density at radius 3 is 2.55 bits per heavy atom. The molecule has 0 saturated carbocycles. The molecule has 0 radical (unpaired) electrons. The van der Waals surface area contributed by atoms with Gasteiger partial charge in [-0.3, -0.25) is 0 Å². The van der Waals surface area contributed by atoms with Crippen LogP contribution in [0.5, 0.6) is 5.75 Å². The van der Waals surface area contributed by atoms with Crippen LogP contribution in [-0.2, 0) is 6.42 Å². The molecular formula is C16H17F2NO. The van der Waals surface area contributed by atoms with Crippen molar-refractivity contribution < 1.29 is 13.5 Å². The summed E-state index contributed by atoms with van der Waals surface area (Å²) in [5, 5.41) is 0. The summed E-state index contributed by atoms with van der Waals surface area (Å²) in [6, 6.07) is 11.0. The van der Waals surface area contributed by atoms with Gasteiger partial charge < -0.3 is 10.5 Å². The number of para-hydroxylation sites is 1. The largest absolute Gasteiger partial charge is 0.494 e. The molecule has 1 atom stereocenters. The topological polar surface area (TPSA) is 35.2 Å². The van der Waals surface area contributed by atoms with Crippen LogP contribution in [0.3, 0.4) is 0 Å². The highest BCUT2D eigenvalue weighted by Gasteiger charge is 2.13. The van der Waals surface area contributed by atoms with Gasteiger partial charge in [-0.1, -0.05) is 24.3 Å². The monoisotopic (exact) mass is 277 g/mol. The van der Waals surface area contributed by atoms with Crippen molar-refractivity contribution in [3.63, 3.8) is 0 Å². The quantitative estimate of drug-likeness (QED) is 0.906. The van der Waals surface area contributed by atoms with Crippen LogP contribution in [0.15, 0.2) is 42.5 Å². The Labute approximate surface area is 117 Å². The molecule has 0 bridgehead atoms. The molecule has 0 saturated heterocycles. The van der Waals surface area contributed by atoms with Crippen molar-refractivity contribution in [2.45, 2.75) is 19.4 Å². The number of nitrogens with two attached hydrogens (primary N) is 1. The van der Waals surface area contributed by atoms with Crippen molar-refractivity contribution in [2.24, 2.45) is 5.73 Å². The molecule has 0 fully saturated rings. The smallest absolute Gasteiger partial charge is 0.159 e. The van der Waals surface area contributed by atoms with E-state index < -0.39 is 11.6 Å². The molecule has 106 valence electrons. The molecule has 0 aliphatic heterocycles. The molecule has 0 aromatic heterocycles. The molecule has 0 aliphatic carbocycles. The highest BCUT2D eigenvalue weighted by molar-refractivity contribution is 5.37. The van der Waals surface area contributed by atoms with Crippen LogP contribution in [0.2, 0.25) is 0 Å². The minimum atomic E-state index is -0.854. The van der Waals surface area contributed by atoms with Gasteiger partial charge in [-0.2, -0.15) is 0 Å². The van der Waals surface area contributed by atoms with Gasteiger partial charge in [-0.25, -0.2) is 8.78 Å². The number of rotatable bonds is 5. The van der Waals surface area contributed by atoms with Gasteiger partial charge in [0.25, 0.3) is 0 Å². The van der Waals surface area contributed by atoms with Gasteiger partial charge in [0.05, 0.1) is 6.61 Å². The molecule has 0 amide bonds. The summed E-state index contributed by atoms with van der Waals surface area (Å²) in [7, 11) is 0. The lowest BCUT2D eigenvalue weighted by Crippen LogP contribution is -2.15. The van der Waals surface area contributed by atoms with E-state index in [-0.39, 0.29) is 6.04 Å². The van der Waals surface area contributed by atoms with E-state index in [1.54, 1.807) is 6.07 Å². The predicted molar refractivity (Wildman–Crippen MR) is 74.6 cm³/mol. The average molecular weight is 277 g/mol. The maximum absolute atomic E-state index is 13.2. The molecule has 2 N–H and O–H groups in total. The highest BCUT2D eigenvalue weighted by atomic mass is 19.2. The molecule has 2 aromatic carbocycles. The number of ether oxygens (including phenoxy) is 1. The van der Waals surface area contributed by atoms with Crippen LogP contribution < -0.4 is 10.5 Å². The minimum Gasteiger partial charge on any atom is -0.494 e. The summed E-state index contributed by atoms with van der Waals surface area (Å²) in [5.41, 5.74) is 7.67. The lowest BCUT2D eigenvalue weighted by Gasteiger charge is -2.16. The second-order valence-corrected chi connectivity index (χ2v) is 4.53. The van der Waals surface area contributed by atoms with Crippen molar-refractivity contribution in [1.29, 1.82) is 0 Å². The van der Waals surface area contributed by atoms with Crippen LogP contribution >= 0.6 is 0 Å². The van der Waals surface area contributed by atoms with Crippen molar-refractivity contribution in [1.82, 2.24) is 0 Å². The van der Waals surface area contributed by atoms with Crippen molar-refractivity contribution in [3.8, 4) is 5.75 Å². The zero-order valence-corrected chi connectivity index (χ0v) is 11.3. The van der Waals surface area contributed by atoms with E-state index in [1.165, 1.54) is 6.07 Å². The van der Waals surface area contributed by atoms with Crippen LogP contribution in [0.4, 0.5) is 8.78 Å². The maximum Gasteiger partial charge on any atom is 0.159 e. The molecule has 2 rings (SSSR count). The maximum atomic E-state index is 13.2. The number of halogens is 2. The van der Waals surface area contributed by atoms with Gasteiger partial charge in [-0.15, -0.1) is 0 Å². The van der Waals surface area contributed by atoms with Crippen LogP contribution in [0.1, 0.15) is 24.1 Å². The standard InChI is InChI=1S/C16H17F2NO/c1-2-20-16-6-4-3-5-12(16)15(19)10-11-7-8-13(17)14(18)9-11/h3-9,15H,2,10,19H2,1H3. The lowest BCUT2D eigenvalue weighted by molar-refractivity contribution is 0.334. The molecule has 20 heavy (non-hydrogen) atoms. The summed E-state index contributed by atoms with van der Waals surface area (Å²) in [4.78, 5) is 0. The summed E-state index contributed by atoms with van der Waals surface area (Å²) in [5.74, 6) is -0.977. The molecule has 0 spiro atoms. The Kier molecular flexibility index (Phi) is 4.69. The summed E-state index contributed by atoms with van der Waals surface area (Å²) in [6.07, 6.45) is 0.418. The highest BCUT2D eigenvalue weighted by Crippen LogP contribution is 2.26. The third-order valence-electron chi connectivity index (χ3n) is 3.06. The molecular weight excluding hydrogens is 260 g/mol. The SMILES string of the molecule is CCOc1ccccc1C(N)Cc1ccc(F)c(F)c1. The minimum absolute atomic E-state index is 0.331. The van der Waals surface area contributed by atoms with Gasteiger partial charge in [0, 0.05) is 11.6 Å². The first-order chi connectivity index (χ1) is 9.61. The van der Waals surface area contributed by atoms with Gasteiger partial charge in [0.2, 0.25) is 0 Å². The van der Waals surface area contributed by atoms with Crippen molar-refractivity contribution in [2.75, 3.05) is 6.61 Å². The van der Waals surface area contributed by atoms with Crippen LogP contribution in [0, 0.1) is 11.6 Å². The number of hydrogen-bond acceptors (Lipinski definition) is 2. The molecule has 2 aromatic rings. The van der Waals surface area contributed by atoms with E-state index in [0.717, 1.165) is 17.4 Å². The average Bonchev–Trinajstić information content (AvgIpc) is 2.44. The second-order valence-electron chi connectivity index (χ2n) is 4.53. The fraction of sp³-hybridized carbons (Fsp3) is 0.250. The molecule has 0 heterocycles. The Bertz CT molecular complexity index is 586. The first-order valence-corrected chi connectivity index (χ1v) is 6.53. The van der Waals surface area contributed by atoms with E-state index in [2.05, 4.69) is 0 Å². The summed E-state index contributed by atoms with van der Waals surface area (Å²) < 4.78 is 31.6. The van der Waals surface area contributed by atoms with Crippen LogP contribution in [-0.4, -0.2) is 6.61 Å². The zero-order chi connectivity index (χ0) is 14.5. The lowest BCUT2D eigenvalue weighted by atomic mass is 9.99. The van der Waals surface area contributed by atoms with Gasteiger partial charge in [0.15, 0.2) is 11.6 Å².